The molecule has 0 aromatic heterocycles. The third kappa shape index (κ3) is 2.25. The highest BCUT2D eigenvalue weighted by Crippen LogP contribution is 2.56. The van der Waals surface area contributed by atoms with Crippen LogP contribution in [0.1, 0.15) is 18.1 Å². The van der Waals surface area contributed by atoms with Gasteiger partial charge < -0.3 is 5.32 Å². The van der Waals surface area contributed by atoms with E-state index < -0.39 is 33.7 Å². The number of benzene rings is 2. The highest BCUT2D eigenvalue weighted by atomic mass is 32.2. The predicted octanol–water partition coefficient (Wildman–Crippen LogP) is 3.98. The Morgan fingerprint density at radius 3 is 2.58 bits per heavy atom. The van der Waals surface area contributed by atoms with Crippen molar-refractivity contribution in [2.45, 2.75) is 23.2 Å². The van der Waals surface area contributed by atoms with E-state index >= 15 is 0 Å². The Kier molecular flexibility index (Phi) is 3.59. The van der Waals surface area contributed by atoms with E-state index in [0.29, 0.717) is 11.3 Å². The minimum absolute atomic E-state index is 0.0496. The molecule has 1 N–H and O–H groups in total. The number of carbonyl (C=O) groups excluding carboxylic acids is 2. The van der Waals surface area contributed by atoms with Crippen LogP contribution in [0.25, 0.3) is 0 Å². The molecule has 2 aliphatic heterocycles. The van der Waals surface area contributed by atoms with Crippen LogP contribution in [0.4, 0.5) is 24.5 Å². The molecule has 4 nitrogen and oxygen atoms in total. The molecule has 2 aromatic carbocycles. The number of hydrogen-bond acceptors (Lipinski definition) is 3. The molecule has 134 valence electrons. The van der Waals surface area contributed by atoms with E-state index in [2.05, 4.69) is 5.32 Å². The Labute approximate surface area is 151 Å². The van der Waals surface area contributed by atoms with Crippen LogP contribution in [0.5, 0.6) is 0 Å². The van der Waals surface area contributed by atoms with E-state index in [0.717, 1.165) is 23.9 Å². The minimum atomic E-state index is -4.54. The van der Waals surface area contributed by atoms with Crippen molar-refractivity contribution in [1.82, 2.24) is 0 Å². The zero-order valence-electron chi connectivity index (χ0n) is 13.5. The first-order valence-electron chi connectivity index (χ1n) is 7.85. The maximum absolute atomic E-state index is 13.1. The molecule has 2 aliphatic rings. The molecule has 2 aromatic rings. The first-order valence-corrected chi connectivity index (χ1v) is 8.73. The quantitative estimate of drug-likeness (QED) is 0.817. The molecule has 2 amide bonds. The highest BCUT2D eigenvalue weighted by molar-refractivity contribution is 8.03. The van der Waals surface area contributed by atoms with Gasteiger partial charge in [0.2, 0.25) is 10.8 Å². The molecule has 0 bridgehead atoms. The molecule has 0 aliphatic carbocycles. The van der Waals surface area contributed by atoms with Crippen molar-refractivity contribution in [1.29, 1.82) is 0 Å². The molecule has 4 rings (SSSR count). The third-order valence-electron chi connectivity index (χ3n) is 4.51. The van der Waals surface area contributed by atoms with Crippen LogP contribution in [-0.2, 0) is 20.6 Å². The molecule has 1 spiro atoms. The molecule has 0 saturated carbocycles. The molecular formula is C18H13F3N2O2S. The first kappa shape index (κ1) is 17.0. The van der Waals surface area contributed by atoms with Crippen LogP contribution in [0, 0.1) is 0 Å². The summed E-state index contributed by atoms with van der Waals surface area (Å²) in [5.41, 5.74) is 0.316. The van der Waals surface area contributed by atoms with Crippen molar-refractivity contribution in [3.63, 3.8) is 0 Å². The van der Waals surface area contributed by atoms with Gasteiger partial charge in [-0.05, 0) is 31.2 Å². The van der Waals surface area contributed by atoms with E-state index in [1.165, 1.54) is 17.0 Å². The fraction of sp³-hybridized carbons (Fsp3) is 0.222. The van der Waals surface area contributed by atoms with E-state index in [1.54, 1.807) is 31.2 Å². The number of amides is 2. The maximum atomic E-state index is 13.1. The van der Waals surface area contributed by atoms with Crippen LogP contribution in [-0.4, -0.2) is 17.1 Å². The van der Waals surface area contributed by atoms with Crippen molar-refractivity contribution >= 4 is 35.0 Å². The molecule has 0 unspecified atom stereocenters. The summed E-state index contributed by atoms with van der Waals surface area (Å²) in [6.45, 7) is 1.65. The van der Waals surface area contributed by atoms with Crippen LogP contribution in [0.3, 0.4) is 0 Å². The minimum Gasteiger partial charge on any atom is -0.323 e. The van der Waals surface area contributed by atoms with Crippen LogP contribution in [0.15, 0.2) is 48.5 Å². The Morgan fingerprint density at radius 2 is 1.85 bits per heavy atom. The van der Waals surface area contributed by atoms with E-state index in [-0.39, 0.29) is 5.69 Å². The van der Waals surface area contributed by atoms with Gasteiger partial charge in [0, 0.05) is 16.9 Å². The summed E-state index contributed by atoms with van der Waals surface area (Å²) < 4.78 is 39.4. The van der Waals surface area contributed by atoms with Gasteiger partial charge in [-0.1, -0.05) is 24.3 Å². The fourth-order valence-electron chi connectivity index (χ4n) is 3.38. The van der Waals surface area contributed by atoms with Crippen molar-refractivity contribution in [3.8, 4) is 0 Å². The summed E-state index contributed by atoms with van der Waals surface area (Å²) in [5.74, 6) is -0.833. The zero-order valence-corrected chi connectivity index (χ0v) is 14.3. The Bertz CT molecular complexity index is 931. The van der Waals surface area contributed by atoms with Gasteiger partial charge >= 0.3 is 6.18 Å². The SMILES string of the molecule is C[C@@H]1S[C@]2(C(=O)Nc3ccccc32)N(c2cccc(C(F)(F)F)c2)C1=O. The number of fused-ring (bicyclic) bond motifs is 2. The monoisotopic (exact) mass is 378 g/mol. The van der Waals surface area contributed by atoms with Crippen molar-refractivity contribution < 1.29 is 22.8 Å². The zero-order chi connectivity index (χ0) is 18.7. The summed E-state index contributed by atoms with van der Waals surface area (Å²) >= 11 is 1.13. The number of halogens is 3. The van der Waals surface area contributed by atoms with E-state index in [9.17, 15) is 22.8 Å². The van der Waals surface area contributed by atoms with Crippen LogP contribution < -0.4 is 10.2 Å². The van der Waals surface area contributed by atoms with Crippen molar-refractivity contribution in [2.75, 3.05) is 10.2 Å². The number of nitrogens with zero attached hydrogens (tertiary/aromatic N) is 1. The number of carbonyl (C=O) groups is 2. The molecule has 2 heterocycles. The van der Waals surface area contributed by atoms with Gasteiger partial charge in [-0.15, -0.1) is 11.8 Å². The smallest absolute Gasteiger partial charge is 0.323 e. The second kappa shape index (κ2) is 5.51. The second-order valence-electron chi connectivity index (χ2n) is 6.13. The van der Waals surface area contributed by atoms with Gasteiger partial charge in [0.15, 0.2) is 0 Å². The number of alkyl halides is 3. The number of nitrogens with one attached hydrogen (secondary N) is 1. The highest BCUT2D eigenvalue weighted by Gasteiger charge is 2.60. The second-order valence-corrected chi connectivity index (χ2v) is 7.66. The maximum Gasteiger partial charge on any atom is 0.416 e. The number of para-hydroxylation sites is 1. The number of hydrogen-bond donors (Lipinski definition) is 1. The van der Waals surface area contributed by atoms with E-state index in [1.807, 2.05) is 0 Å². The molecular weight excluding hydrogens is 365 g/mol. The molecule has 26 heavy (non-hydrogen) atoms. The van der Waals surface area contributed by atoms with Gasteiger partial charge in [0.1, 0.15) is 0 Å². The standard InChI is InChI=1S/C18H13F3N2O2S/c1-10-15(24)23(12-6-4-5-11(9-12)18(19,20)21)17(26-10)13-7-2-3-8-14(13)22-16(17)25/h2-10H,1H3,(H,22,25)/t10-,17+/m0/s1. The van der Waals surface area contributed by atoms with E-state index in [4.69, 9.17) is 0 Å². The number of rotatable bonds is 1. The fourth-order valence-corrected chi connectivity index (χ4v) is 4.86. The van der Waals surface area contributed by atoms with Gasteiger partial charge in [-0.2, -0.15) is 13.2 Å². The van der Waals surface area contributed by atoms with Gasteiger partial charge in [0.05, 0.1) is 10.8 Å². The lowest BCUT2D eigenvalue weighted by atomic mass is 10.0. The average Bonchev–Trinajstić information content (AvgIpc) is 3.02. The van der Waals surface area contributed by atoms with Crippen LogP contribution in [0.2, 0.25) is 0 Å². The topological polar surface area (TPSA) is 49.4 Å². The average molecular weight is 378 g/mol. The summed E-state index contributed by atoms with van der Waals surface area (Å²) in [7, 11) is 0. The van der Waals surface area contributed by atoms with Gasteiger partial charge in [-0.3, -0.25) is 14.5 Å². The predicted molar refractivity (Wildman–Crippen MR) is 92.7 cm³/mol. The Balaban J connectivity index is 1.92. The lowest BCUT2D eigenvalue weighted by molar-refractivity contribution is -0.137. The summed E-state index contributed by atoms with van der Waals surface area (Å²) in [4.78, 5) is 25.5. The largest absolute Gasteiger partial charge is 0.416 e. The molecule has 0 radical (unpaired) electrons. The molecule has 2 atom stereocenters. The summed E-state index contributed by atoms with van der Waals surface area (Å²) in [5, 5.41) is 2.17. The van der Waals surface area contributed by atoms with Crippen molar-refractivity contribution in [2.24, 2.45) is 0 Å². The number of thioether (sulfide) groups is 1. The van der Waals surface area contributed by atoms with Crippen molar-refractivity contribution in [3.05, 3.63) is 59.7 Å². The van der Waals surface area contributed by atoms with Gasteiger partial charge in [-0.25, -0.2) is 0 Å². The molecule has 1 saturated heterocycles. The first-order chi connectivity index (χ1) is 12.2. The Hall–Kier alpha value is -2.48. The normalized spacial score (nSPS) is 24.9. The van der Waals surface area contributed by atoms with Gasteiger partial charge in [0.25, 0.3) is 5.91 Å². The summed E-state index contributed by atoms with van der Waals surface area (Å²) in [6.07, 6.45) is -4.54. The Morgan fingerprint density at radius 1 is 1.12 bits per heavy atom. The molecule has 8 heteroatoms. The summed E-state index contributed by atoms with van der Waals surface area (Å²) in [6, 6.07) is 11.4. The number of anilines is 2. The van der Waals surface area contributed by atoms with Crippen LogP contribution >= 0.6 is 11.8 Å². The third-order valence-corrected chi connectivity index (χ3v) is 5.99. The molecule has 1 fully saturated rings. The lowest BCUT2D eigenvalue weighted by Crippen LogP contribution is -2.47. The lowest BCUT2D eigenvalue weighted by Gasteiger charge is -2.32.